The summed E-state index contributed by atoms with van der Waals surface area (Å²) in [5, 5.41) is 10.3. The van der Waals surface area contributed by atoms with Crippen molar-refractivity contribution in [1.82, 2.24) is 29.1 Å². The van der Waals surface area contributed by atoms with Gasteiger partial charge in [0.15, 0.2) is 11.6 Å². The van der Waals surface area contributed by atoms with E-state index in [-0.39, 0.29) is 0 Å². The van der Waals surface area contributed by atoms with E-state index in [9.17, 15) is 4.79 Å². The number of anilines is 4. The van der Waals surface area contributed by atoms with Gasteiger partial charge in [0.05, 0.1) is 18.5 Å². The van der Waals surface area contributed by atoms with Gasteiger partial charge in [-0.15, -0.1) is 5.10 Å². The fraction of sp³-hybridized carbons (Fsp3) is 0.0870. The predicted octanol–water partition coefficient (Wildman–Crippen LogP) is 3.71. The number of methoxy groups -OCH3 is 1. The molecule has 5 rings (SSSR count). The number of nitrogen functional groups attached to an aromatic ring is 1. The van der Waals surface area contributed by atoms with Gasteiger partial charge in [0.2, 0.25) is 0 Å². The predicted molar refractivity (Wildman–Crippen MR) is 128 cm³/mol. The van der Waals surface area contributed by atoms with E-state index in [0.29, 0.717) is 51.7 Å². The number of rotatable bonds is 5. The third kappa shape index (κ3) is 3.97. The lowest BCUT2D eigenvalue weighted by Crippen LogP contribution is -2.20. The molecule has 170 valence electrons. The van der Waals surface area contributed by atoms with Crippen LogP contribution in [0.15, 0.2) is 67.0 Å². The van der Waals surface area contributed by atoms with Crippen LogP contribution in [0, 0.1) is 6.92 Å². The van der Waals surface area contributed by atoms with Crippen molar-refractivity contribution >= 4 is 34.8 Å². The van der Waals surface area contributed by atoms with E-state index in [2.05, 4.69) is 30.7 Å². The molecular weight excluding hydrogens is 434 g/mol. The average molecular weight is 455 g/mol. The molecule has 1 aromatic carbocycles. The van der Waals surface area contributed by atoms with Gasteiger partial charge >= 0.3 is 6.03 Å². The SMILES string of the molecule is COc1ccccc1NC(=O)n1ccc(Nc2nc3ccccn3c2-c2cc(N)nc(C)n2)n1. The minimum absolute atomic E-state index is 0.358. The zero-order chi connectivity index (χ0) is 23.7. The van der Waals surface area contributed by atoms with Crippen LogP contribution in [0.5, 0.6) is 5.75 Å². The number of pyridine rings is 1. The third-order valence-corrected chi connectivity index (χ3v) is 5.02. The molecule has 4 heterocycles. The Hall–Kier alpha value is -4.93. The van der Waals surface area contributed by atoms with Crippen molar-refractivity contribution in [3.8, 4) is 17.1 Å². The van der Waals surface area contributed by atoms with Crippen molar-refractivity contribution in [3.05, 3.63) is 72.8 Å². The Balaban J connectivity index is 1.46. The van der Waals surface area contributed by atoms with Crippen LogP contribution in [0.25, 0.3) is 17.0 Å². The fourth-order valence-electron chi connectivity index (χ4n) is 3.59. The number of hydrogen-bond acceptors (Lipinski definition) is 8. The second-order valence-electron chi connectivity index (χ2n) is 7.36. The highest BCUT2D eigenvalue weighted by Gasteiger charge is 2.18. The molecule has 0 radical (unpaired) electrons. The standard InChI is InChI=1S/C23H21N9O2/c1-14-25-16(13-18(24)26-14)21-22(29-20-9-5-6-11-31(20)21)28-19-10-12-32(30-19)23(33)27-15-7-3-4-8-17(15)34-2/h3-13H,1-2H3,(H,27,33)(H,28,30)(H2,24,25,26). The van der Waals surface area contributed by atoms with E-state index in [1.165, 1.54) is 4.68 Å². The number of nitrogens with zero attached hydrogens (tertiary/aromatic N) is 6. The Bertz CT molecular complexity index is 1490. The number of nitrogens with two attached hydrogens (primary N) is 1. The molecule has 0 saturated carbocycles. The number of carbonyl (C=O) groups is 1. The zero-order valence-electron chi connectivity index (χ0n) is 18.4. The summed E-state index contributed by atoms with van der Waals surface area (Å²) in [4.78, 5) is 26.1. The Kier molecular flexibility index (Phi) is 5.26. The number of carbonyl (C=O) groups excluding carboxylic acids is 1. The van der Waals surface area contributed by atoms with Crippen LogP contribution in [-0.4, -0.2) is 42.3 Å². The molecule has 0 aliphatic rings. The zero-order valence-corrected chi connectivity index (χ0v) is 18.4. The molecule has 0 bridgehead atoms. The molecule has 0 aliphatic carbocycles. The topological polar surface area (TPSA) is 137 Å². The van der Waals surface area contributed by atoms with Gasteiger partial charge in [0.1, 0.15) is 28.7 Å². The summed E-state index contributed by atoms with van der Waals surface area (Å²) in [7, 11) is 1.54. The van der Waals surface area contributed by atoms with Gasteiger partial charge in [0, 0.05) is 24.5 Å². The summed E-state index contributed by atoms with van der Waals surface area (Å²) in [6, 6.07) is 15.7. The summed E-state index contributed by atoms with van der Waals surface area (Å²) in [5.41, 5.74) is 8.52. The number of benzene rings is 1. The number of fused-ring (bicyclic) bond motifs is 1. The normalized spacial score (nSPS) is 10.9. The molecule has 1 amide bonds. The molecule has 34 heavy (non-hydrogen) atoms. The largest absolute Gasteiger partial charge is 0.495 e. The molecule has 5 aromatic rings. The lowest BCUT2D eigenvalue weighted by molar-refractivity contribution is 0.251. The number of nitrogens with one attached hydrogen (secondary N) is 2. The first-order valence-corrected chi connectivity index (χ1v) is 10.4. The summed E-state index contributed by atoms with van der Waals surface area (Å²) in [6.45, 7) is 1.78. The average Bonchev–Trinajstić information content (AvgIpc) is 3.43. The minimum Gasteiger partial charge on any atom is -0.495 e. The van der Waals surface area contributed by atoms with Crippen LogP contribution in [0.3, 0.4) is 0 Å². The highest BCUT2D eigenvalue weighted by molar-refractivity contribution is 5.92. The number of amides is 1. The molecular formula is C23H21N9O2. The van der Waals surface area contributed by atoms with E-state index in [1.807, 2.05) is 34.9 Å². The van der Waals surface area contributed by atoms with Gasteiger partial charge in [-0.2, -0.15) is 4.68 Å². The Morgan fingerprint density at radius 1 is 1.03 bits per heavy atom. The second kappa shape index (κ2) is 8.54. The van der Waals surface area contributed by atoms with Crippen molar-refractivity contribution < 1.29 is 9.53 Å². The van der Waals surface area contributed by atoms with Gasteiger partial charge in [-0.25, -0.2) is 19.7 Å². The molecule has 0 saturated heterocycles. The number of aryl methyl sites for hydroxylation is 1. The first kappa shape index (κ1) is 20.9. The highest BCUT2D eigenvalue weighted by Crippen LogP contribution is 2.30. The van der Waals surface area contributed by atoms with Crippen molar-refractivity contribution in [1.29, 1.82) is 0 Å². The van der Waals surface area contributed by atoms with E-state index >= 15 is 0 Å². The molecule has 0 fully saturated rings. The smallest absolute Gasteiger partial charge is 0.346 e. The van der Waals surface area contributed by atoms with Gasteiger partial charge in [-0.1, -0.05) is 18.2 Å². The Morgan fingerprint density at radius 3 is 2.68 bits per heavy atom. The van der Waals surface area contributed by atoms with Crippen LogP contribution >= 0.6 is 0 Å². The van der Waals surface area contributed by atoms with E-state index in [0.717, 1.165) is 0 Å². The maximum atomic E-state index is 12.7. The number of hydrogen-bond donors (Lipinski definition) is 3. The van der Waals surface area contributed by atoms with Crippen molar-refractivity contribution in [2.24, 2.45) is 0 Å². The first-order valence-electron chi connectivity index (χ1n) is 10.4. The maximum Gasteiger partial charge on any atom is 0.346 e. The molecule has 4 N–H and O–H groups in total. The van der Waals surface area contributed by atoms with E-state index in [1.54, 1.807) is 50.6 Å². The minimum atomic E-state index is -0.438. The van der Waals surface area contributed by atoms with E-state index in [4.69, 9.17) is 10.5 Å². The van der Waals surface area contributed by atoms with E-state index < -0.39 is 6.03 Å². The van der Waals surface area contributed by atoms with Crippen molar-refractivity contribution in [3.63, 3.8) is 0 Å². The summed E-state index contributed by atoms with van der Waals surface area (Å²) in [6.07, 6.45) is 3.44. The monoisotopic (exact) mass is 455 g/mol. The summed E-state index contributed by atoms with van der Waals surface area (Å²) >= 11 is 0. The molecule has 0 spiro atoms. The summed E-state index contributed by atoms with van der Waals surface area (Å²) < 4.78 is 8.37. The Labute approximate surface area is 194 Å². The first-order chi connectivity index (χ1) is 16.5. The van der Waals surface area contributed by atoms with Gasteiger partial charge in [-0.05, 0) is 31.2 Å². The molecule has 4 aromatic heterocycles. The third-order valence-electron chi connectivity index (χ3n) is 5.02. The highest BCUT2D eigenvalue weighted by atomic mass is 16.5. The van der Waals surface area contributed by atoms with Gasteiger partial charge in [0.25, 0.3) is 0 Å². The lowest BCUT2D eigenvalue weighted by Gasteiger charge is -2.09. The Morgan fingerprint density at radius 2 is 1.85 bits per heavy atom. The van der Waals surface area contributed by atoms with Crippen molar-refractivity contribution in [2.75, 3.05) is 23.5 Å². The van der Waals surface area contributed by atoms with Crippen LogP contribution in [0.1, 0.15) is 5.82 Å². The van der Waals surface area contributed by atoms with Crippen LogP contribution in [0.4, 0.5) is 27.9 Å². The van der Waals surface area contributed by atoms with Crippen molar-refractivity contribution in [2.45, 2.75) is 6.92 Å². The fourth-order valence-corrected chi connectivity index (χ4v) is 3.59. The molecule has 11 nitrogen and oxygen atoms in total. The number of aromatic nitrogens is 6. The second-order valence-corrected chi connectivity index (χ2v) is 7.36. The lowest BCUT2D eigenvalue weighted by atomic mass is 10.2. The molecule has 0 unspecified atom stereocenters. The van der Waals surface area contributed by atoms with Gasteiger partial charge in [-0.3, -0.25) is 4.40 Å². The van der Waals surface area contributed by atoms with Crippen LogP contribution in [0.2, 0.25) is 0 Å². The molecule has 0 atom stereocenters. The molecule has 0 aliphatic heterocycles. The van der Waals surface area contributed by atoms with Crippen LogP contribution < -0.4 is 21.1 Å². The quantitative estimate of drug-likeness (QED) is 0.365. The maximum absolute atomic E-state index is 12.7. The van der Waals surface area contributed by atoms with Crippen LogP contribution in [-0.2, 0) is 0 Å². The number of imidazole rings is 1. The summed E-state index contributed by atoms with van der Waals surface area (Å²) in [5.74, 6) is 2.40. The van der Waals surface area contributed by atoms with Gasteiger partial charge < -0.3 is 21.1 Å². The molecule has 11 heteroatoms. The number of para-hydroxylation sites is 2. The number of ether oxygens (including phenoxy) is 1.